The maximum atomic E-state index is 13.3. The fraction of sp³-hybridized carbons (Fsp3) is 0.333. The number of anilines is 1. The number of benzene rings is 2. The Morgan fingerprint density at radius 2 is 1.88 bits per heavy atom. The van der Waals surface area contributed by atoms with Gasteiger partial charge in [-0.05, 0) is 68.8 Å². The number of fused-ring (bicyclic) bond motifs is 1. The number of halogens is 1. The Morgan fingerprint density at radius 3 is 2.65 bits per heavy atom. The van der Waals surface area contributed by atoms with Crippen molar-refractivity contribution in [3.8, 4) is 5.69 Å². The van der Waals surface area contributed by atoms with Crippen molar-refractivity contribution in [2.75, 3.05) is 12.4 Å². The molecule has 0 radical (unpaired) electrons. The molecular formula is C27H29ClN4OS. The molecule has 2 aromatic carbocycles. The lowest BCUT2D eigenvalue weighted by Gasteiger charge is -2.31. The SMILES string of the molecule is Cc1nn(-c2ccc(Cl)cc2)c2sc(C(=O)Nc3ccccc3CN(C)C3CCCCC3)cc12. The molecule has 5 rings (SSSR count). The molecule has 2 heterocycles. The third-order valence-corrected chi connectivity index (χ3v) is 8.08. The molecule has 1 N–H and O–H groups in total. The molecule has 34 heavy (non-hydrogen) atoms. The summed E-state index contributed by atoms with van der Waals surface area (Å²) in [6.07, 6.45) is 6.49. The van der Waals surface area contributed by atoms with Gasteiger partial charge in [-0.3, -0.25) is 9.69 Å². The lowest BCUT2D eigenvalue weighted by atomic mass is 9.94. The van der Waals surface area contributed by atoms with E-state index >= 15 is 0 Å². The zero-order valence-corrected chi connectivity index (χ0v) is 21.1. The van der Waals surface area contributed by atoms with Crippen molar-refractivity contribution in [1.82, 2.24) is 14.7 Å². The normalized spacial score (nSPS) is 14.7. The second-order valence-corrected chi connectivity index (χ2v) is 10.6. The van der Waals surface area contributed by atoms with E-state index in [2.05, 4.69) is 28.4 Å². The molecule has 1 saturated carbocycles. The van der Waals surface area contributed by atoms with Gasteiger partial charge in [0.15, 0.2) is 0 Å². The van der Waals surface area contributed by atoms with Crippen molar-refractivity contribution in [2.45, 2.75) is 51.6 Å². The lowest BCUT2D eigenvalue weighted by Crippen LogP contribution is -2.33. The first-order valence-electron chi connectivity index (χ1n) is 11.8. The van der Waals surface area contributed by atoms with Gasteiger partial charge in [-0.2, -0.15) is 5.10 Å². The van der Waals surface area contributed by atoms with Gasteiger partial charge in [0.1, 0.15) is 4.83 Å². The van der Waals surface area contributed by atoms with Crippen molar-refractivity contribution >= 4 is 44.7 Å². The van der Waals surface area contributed by atoms with Crippen LogP contribution >= 0.6 is 22.9 Å². The topological polar surface area (TPSA) is 50.2 Å². The van der Waals surface area contributed by atoms with E-state index in [-0.39, 0.29) is 5.91 Å². The number of hydrogen-bond acceptors (Lipinski definition) is 4. The van der Waals surface area contributed by atoms with Gasteiger partial charge in [-0.15, -0.1) is 11.3 Å². The van der Waals surface area contributed by atoms with Gasteiger partial charge in [-0.1, -0.05) is 49.1 Å². The molecule has 1 aliphatic carbocycles. The average Bonchev–Trinajstić information content (AvgIpc) is 3.42. The number of thiophene rings is 1. The quantitative estimate of drug-likeness (QED) is 0.313. The molecule has 176 valence electrons. The second-order valence-electron chi connectivity index (χ2n) is 9.12. The van der Waals surface area contributed by atoms with Crippen LogP contribution in [0.3, 0.4) is 0 Å². The highest BCUT2D eigenvalue weighted by Crippen LogP contribution is 2.32. The van der Waals surface area contributed by atoms with E-state index in [1.165, 1.54) is 43.4 Å². The predicted octanol–water partition coefficient (Wildman–Crippen LogP) is 7.07. The van der Waals surface area contributed by atoms with E-state index in [4.69, 9.17) is 11.6 Å². The molecule has 4 aromatic rings. The molecule has 5 nitrogen and oxygen atoms in total. The van der Waals surface area contributed by atoms with Gasteiger partial charge >= 0.3 is 0 Å². The Balaban J connectivity index is 1.37. The van der Waals surface area contributed by atoms with Crippen LogP contribution in [0.25, 0.3) is 15.9 Å². The first-order valence-corrected chi connectivity index (χ1v) is 13.0. The van der Waals surface area contributed by atoms with Crippen molar-refractivity contribution in [3.05, 3.63) is 75.8 Å². The van der Waals surface area contributed by atoms with Crippen molar-refractivity contribution in [2.24, 2.45) is 0 Å². The summed E-state index contributed by atoms with van der Waals surface area (Å²) in [5.41, 5.74) is 3.85. The molecule has 0 bridgehead atoms. The third-order valence-electron chi connectivity index (χ3n) is 6.72. The number of aromatic nitrogens is 2. The van der Waals surface area contributed by atoms with Crippen molar-refractivity contribution < 1.29 is 4.79 Å². The van der Waals surface area contributed by atoms with Crippen LogP contribution in [0, 0.1) is 6.92 Å². The fourth-order valence-corrected chi connectivity index (χ4v) is 6.00. The van der Waals surface area contributed by atoms with Crippen LogP contribution in [0.15, 0.2) is 54.6 Å². The monoisotopic (exact) mass is 492 g/mol. The van der Waals surface area contributed by atoms with Gasteiger partial charge in [0.2, 0.25) is 0 Å². The van der Waals surface area contributed by atoms with E-state index < -0.39 is 0 Å². The van der Waals surface area contributed by atoms with Gasteiger partial charge in [0.05, 0.1) is 16.3 Å². The van der Waals surface area contributed by atoms with Crippen molar-refractivity contribution in [3.63, 3.8) is 0 Å². The maximum Gasteiger partial charge on any atom is 0.265 e. The minimum absolute atomic E-state index is 0.0870. The Kier molecular flexibility index (Phi) is 6.73. The Hall–Kier alpha value is -2.67. The van der Waals surface area contributed by atoms with Crippen LogP contribution in [-0.2, 0) is 6.54 Å². The fourth-order valence-electron chi connectivity index (χ4n) is 4.80. The molecule has 0 saturated heterocycles. The zero-order chi connectivity index (χ0) is 23.7. The Morgan fingerprint density at radius 1 is 1.15 bits per heavy atom. The minimum Gasteiger partial charge on any atom is -0.321 e. The van der Waals surface area contributed by atoms with Crippen LogP contribution < -0.4 is 5.32 Å². The summed E-state index contributed by atoms with van der Waals surface area (Å²) in [5, 5.41) is 9.52. The molecular weight excluding hydrogens is 464 g/mol. The smallest absolute Gasteiger partial charge is 0.265 e. The number of aryl methyl sites for hydroxylation is 1. The zero-order valence-electron chi connectivity index (χ0n) is 19.6. The minimum atomic E-state index is -0.0870. The second kappa shape index (κ2) is 9.90. The maximum absolute atomic E-state index is 13.3. The number of nitrogens with zero attached hydrogens (tertiary/aromatic N) is 3. The number of carbonyl (C=O) groups is 1. The Labute approximate surface area is 209 Å². The van der Waals surface area contributed by atoms with E-state index in [0.717, 1.165) is 39.4 Å². The molecule has 0 atom stereocenters. The van der Waals surface area contributed by atoms with Crippen LogP contribution in [-0.4, -0.2) is 33.7 Å². The number of carbonyl (C=O) groups excluding carboxylic acids is 1. The molecule has 1 amide bonds. The first kappa shape index (κ1) is 23.1. The summed E-state index contributed by atoms with van der Waals surface area (Å²) in [4.78, 5) is 17.3. The number of rotatable bonds is 6. The summed E-state index contributed by atoms with van der Waals surface area (Å²) < 4.78 is 1.88. The van der Waals surface area contributed by atoms with Gasteiger partial charge in [-0.25, -0.2) is 4.68 Å². The molecule has 0 unspecified atom stereocenters. The summed E-state index contributed by atoms with van der Waals surface area (Å²) in [5.74, 6) is -0.0870. The number of hydrogen-bond donors (Lipinski definition) is 1. The van der Waals surface area contributed by atoms with Gasteiger partial charge in [0, 0.05) is 28.7 Å². The molecule has 2 aromatic heterocycles. The highest BCUT2D eigenvalue weighted by atomic mass is 35.5. The molecule has 1 fully saturated rings. The summed E-state index contributed by atoms with van der Waals surface area (Å²) in [6.45, 7) is 2.80. The van der Waals surface area contributed by atoms with Gasteiger partial charge in [0.25, 0.3) is 5.91 Å². The first-order chi connectivity index (χ1) is 16.5. The van der Waals surface area contributed by atoms with E-state index in [9.17, 15) is 4.79 Å². The van der Waals surface area contributed by atoms with E-state index in [0.29, 0.717) is 15.9 Å². The van der Waals surface area contributed by atoms with Crippen LogP contribution in [0.4, 0.5) is 5.69 Å². The average molecular weight is 493 g/mol. The highest BCUT2D eigenvalue weighted by Gasteiger charge is 2.21. The molecule has 7 heteroatoms. The van der Waals surface area contributed by atoms with E-state index in [1.807, 2.05) is 60.1 Å². The van der Waals surface area contributed by atoms with Gasteiger partial charge < -0.3 is 5.32 Å². The summed E-state index contributed by atoms with van der Waals surface area (Å²) in [6, 6.07) is 18.3. The number of nitrogens with one attached hydrogen (secondary N) is 1. The summed E-state index contributed by atoms with van der Waals surface area (Å²) >= 11 is 7.51. The third kappa shape index (κ3) is 4.76. The van der Waals surface area contributed by atoms with Crippen LogP contribution in [0.5, 0.6) is 0 Å². The number of amides is 1. The largest absolute Gasteiger partial charge is 0.321 e. The highest BCUT2D eigenvalue weighted by molar-refractivity contribution is 7.20. The standard InChI is InChI=1S/C27H29ClN4OS/c1-18-23-16-25(34-27(23)32(30-18)22-14-12-20(28)13-15-22)26(33)29-24-11-7-6-8-19(24)17-31(2)21-9-4-3-5-10-21/h6-8,11-16,21H,3-5,9-10,17H2,1-2H3,(H,29,33). The van der Waals surface area contributed by atoms with Crippen molar-refractivity contribution in [1.29, 1.82) is 0 Å². The van der Waals surface area contributed by atoms with Crippen LogP contribution in [0.2, 0.25) is 5.02 Å². The molecule has 0 spiro atoms. The predicted molar refractivity (Wildman–Crippen MR) is 141 cm³/mol. The Bertz CT molecular complexity index is 1300. The number of para-hydroxylation sites is 1. The molecule has 0 aliphatic heterocycles. The van der Waals surface area contributed by atoms with Crippen LogP contribution in [0.1, 0.15) is 53.0 Å². The molecule has 1 aliphatic rings. The lowest BCUT2D eigenvalue weighted by molar-refractivity contribution is 0.103. The summed E-state index contributed by atoms with van der Waals surface area (Å²) in [7, 11) is 2.20. The van der Waals surface area contributed by atoms with E-state index in [1.54, 1.807) is 0 Å².